The van der Waals surface area contributed by atoms with Crippen LogP contribution in [0, 0.1) is 0 Å². The number of hydrogen-bond donors (Lipinski definition) is 2. The second-order valence-electron chi connectivity index (χ2n) is 4.67. The number of nitrogens with two attached hydrogens (primary N) is 2. The summed E-state index contributed by atoms with van der Waals surface area (Å²) in [6, 6.07) is 18.3. The molecule has 0 bridgehead atoms. The van der Waals surface area contributed by atoms with E-state index in [4.69, 9.17) is 11.5 Å². The summed E-state index contributed by atoms with van der Waals surface area (Å²) in [6.45, 7) is 0. The molecule has 2 rings (SSSR count). The van der Waals surface area contributed by atoms with Crippen molar-refractivity contribution in [3.05, 3.63) is 82.9 Å². The topological polar surface area (TPSA) is 86.2 Å². The summed E-state index contributed by atoms with van der Waals surface area (Å²) in [6.07, 6.45) is 3.11. The molecule has 22 heavy (non-hydrogen) atoms. The maximum Gasteiger partial charge on any atom is 0.249 e. The molecule has 0 saturated carbocycles. The summed E-state index contributed by atoms with van der Waals surface area (Å²) in [5.74, 6) is -1.41. The second-order valence-corrected chi connectivity index (χ2v) is 4.67. The van der Waals surface area contributed by atoms with E-state index in [2.05, 4.69) is 0 Å². The fourth-order valence-electron chi connectivity index (χ4n) is 2.00. The van der Waals surface area contributed by atoms with Gasteiger partial charge in [-0.1, -0.05) is 60.7 Å². The van der Waals surface area contributed by atoms with E-state index in [1.165, 1.54) is 0 Å². The van der Waals surface area contributed by atoms with E-state index < -0.39 is 11.8 Å². The minimum absolute atomic E-state index is 0.0857. The molecule has 4 nitrogen and oxygen atoms in total. The molecule has 0 saturated heterocycles. The molecule has 0 aromatic heterocycles. The number of primary amides is 2. The van der Waals surface area contributed by atoms with Crippen molar-refractivity contribution in [2.24, 2.45) is 11.5 Å². The lowest BCUT2D eigenvalue weighted by molar-refractivity contribution is -0.117. The predicted octanol–water partition coefficient (Wildman–Crippen LogP) is 2.12. The molecule has 0 atom stereocenters. The highest BCUT2D eigenvalue weighted by Gasteiger charge is 2.16. The Morgan fingerprint density at radius 1 is 0.636 bits per heavy atom. The number of benzene rings is 2. The average Bonchev–Trinajstić information content (AvgIpc) is 2.52. The summed E-state index contributed by atoms with van der Waals surface area (Å²) in [4.78, 5) is 23.5. The summed E-state index contributed by atoms with van der Waals surface area (Å²) in [5, 5.41) is 0. The van der Waals surface area contributed by atoms with E-state index >= 15 is 0 Å². The van der Waals surface area contributed by atoms with Gasteiger partial charge in [0, 0.05) is 0 Å². The first-order valence-corrected chi connectivity index (χ1v) is 6.71. The molecule has 2 aromatic rings. The Labute approximate surface area is 128 Å². The lowest BCUT2D eigenvalue weighted by Crippen LogP contribution is -2.23. The van der Waals surface area contributed by atoms with Crippen molar-refractivity contribution < 1.29 is 9.59 Å². The van der Waals surface area contributed by atoms with Gasteiger partial charge >= 0.3 is 0 Å². The molecule has 4 heteroatoms. The predicted molar refractivity (Wildman–Crippen MR) is 87.2 cm³/mol. The first-order valence-electron chi connectivity index (χ1n) is 6.71. The normalized spacial score (nSPS) is 12.0. The Kier molecular flexibility index (Phi) is 4.88. The third kappa shape index (κ3) is 3.93. The molecular formula is C18H16N2O2. The van der Waals surface area contributed by atoms with E-state index in [9.17, 15) is 9.59 Å². The van der Waals surface area contributed by atoms with Crippen molar-refractivity contribution in [2.45, 2.75) is 0 Å². The fourth-order valence-corrected chi connectivity index (χ4v) is 2.00. The first-order chi connectivity index (χ1) is 10.6. The van der Waals surface area contributed by atoms with Crippen LogP contribution in [0.1, 0.15) is 11.1 Å². The number of amides is 2. The zero-order chi connectivity index (χ0) is 15.9. The van der Waals surface area contributed by atoms with Crippen LogP contribution in [0.4, 0.5) is 0 Å². The van der Waals surface area contributed by atoms with Gasteiger partial charge in [-0.25, -0.2) is 0 Å². The van der Waals surface area contributed by atoms with Crippen molar-refractivity contribution in [1.29, 1.82) is 0 Å². The van der Waals surface area contributed by atoms with Crippen molar-refractivity contribution in [1.82, 2.24) is 0 Å². The largest absolute Gasteiger partial charge is 0.366 e. The average molecular weight is 292 g/mol. The highest BCUT2D eigenvalue weighted by atomic mass is 16.2. The fraction of sp³-hybridized carbons (Fsp3) is 0. The maximum absolute atomic E-state index is 11.7. The van der Waals surface area contributed by atoms with E-state index in [-0.39, 0.29) is 11.1 Å². The number of rotatable bonds is 5. The van der Waals surface area contributed by atoms with Crippen LogP contribution >= 0.6 is 0 Å². The summed E-state index contributed by atoms with van der Waals surface area (Å²) in [5.41, 5.74) is 12.5. The molecule has 2 amide bonds. The van der Waals surface area contributed by atoms with Crippen LogP contribution in [-0.2, 0) is 9.59 Å². The Morgan fingerprint density at radius 3 is 1.23 bits per heavy atom. The van der Waals surface area contributed by atoms with Gasteiger partial charge in [-0.2, -0.15) is 0 Å². The van der Waals surface area contributed by atoms with E-state index in [1.807, 2.05) is 60.7 Å². The third-order valence-electron chi connectivity index (χ3n) is 3.04. The smallest absolute Gasteiger partial charge is 0.249 e. The zero-order valence-corrected chi connectivity index (χ0v) is 11.9. The summed E-state index contributed by atoms with van der Waals surface area (Å²) >= 11 is 0. The molecule has 0 radical (unpaired) electrons. The lowest BCUT2D eigenvalue weighted by atomic mass is 9.99. The van der Waals surface area contributed by atoms with Gasteiger partial charge in [0.25, 0.3) is 0 Å². The van der Waals surface area contributed by atoms with Gasteiger partial charge in [0.1, 0.15) is 0 Å². The van der Waals surface area contributed by atoms with Crippen LogP contribution < -0.4 is 11.5 Å². The third-order valence-corrected chi connectivity index (χ3v) is 3.04. The maximum atomic E-state index is 11.7. The molecule has 0 aliphatic heterocycles. The molecule has 2 aromatic carbocycles. The molecule has 110 valence electrons. The van der Waals surface area contributed by atoms with E-state index in [0.717, 1.165) is 11.1 Å². The number of hydrogen-bond acceptors (Lipinski definition) is 2. The quantitative estimate of drug-likeness (QED) is 0.653. The Bertz CT molecular complexity index is 667. The van der Waals surface area contributed by atoms with Gasteiger partial charge in [0.15, 0.2) is 0 Å². The lowest BCUT2D eigenvalue weighted by Gasteiger charge is -2.07. The molecule has 0 aliphatic rings. The van der Waals surface area contributed by atoms with Crippen LogP contribution in [0.3, 0.4) is 0 Å². The zero-order valence-electron chi connectivity index (χ0n) is 11.9. The van der Waals surface area contributed by atoms with Crippen molar-refractivity contribution in [3.63, 3.8) is 0 Å². The van der Waals surface area contributed by atoms with Crippen LogP contribution in [0.25, 0.3) is 12.2 Å². The molecule has 4 N–H and O–H groups in total. The minimum atomic E-state index is -0.704. The molecule has 0 aliphatic carbocycles. The van der Waals surface area contributed by atoms with Crippen molar-refractivity contribution in [2.75, 3.05) is 0 Å². The van der Waals surface area contributed by atoms with E-state index in [0.29, 0.717) is 0 Å². The van der Waals surface area contributed by atoms with Crippen LogP contribution in [-0.4, -0.2) is 11.8 Å². The van der Waals surface area contributed by atoms with Crippen LogP contribution in [0.2, 0.25) is 0 Å². The van der Waals surface area contributed by atoms with Crippen LogP contribution in [0.15, 0.2) is 71.8 Å². The Morgan fingerprint density at radius 2 is 0.955 bits per heavy atom. The van der Waals surface area contributed by atoms with Gasteiger partial charge in [-0.05, 0) is 23.3 Å². The minimum Gasteiger partial charge on any atom is -0.366 e. The number of carbonyl (C=O) groups excluding carboxylic acids is 2. The molecule has 0 spiro atoms. The molecule has 0 fully saturated rings. The first kappa shape index (κ1) is 15.3. The molecule has 0 unspecified atom stereocenters. The highest BCUT2D eigenvalue weighted by Crippen LogP contribution is 2.18. The molecular weight excluding hydrogens is 276 g/mol. The van der Waals surface area contributed by atoms with Gasteiger partial charge in [0.2, 0.25) is 11.8 Å². The van der Waals surface area contributed by atoms with Crippen molar-refractivity contribution >= 4 is 24.0 Å². The second kappa shape index (κ2) is 7.04. The van der Waals surface area contributed by atoms with E-state index in [1.54, 1.807) is 12.2 Å². The van der Waals surface area contributed by atoms with Crippen molar-refractivity contribution in [3.8, 4) is 0 Å². The SMILES string of the molecule is NC(=O)C(=C\c1ccccc1)/C(=C\c1ccccc1)C(N)=O. The Balaban J connectivity index is 2.52. The molecule has 0 heterocycles. The Hall–Kier alpha value is -3.14. The summed E-state index contributed by atoms with van der Waals surface area (Å²) < 4.78 is 0. The summed E-state index contributed by atoms with van der Waals surface area (Å²) in [7, 11) is 0. The van der Waals surface area contributed by atoms with Gasteiger partial charge in [-0.3, -0.25) is 9.59 Å². The highest BCUT2D eigenvalue weighted by molar-refractivity contribution is 6.15. The standard InChI is InChI=1S/C18H16N2O2/c19-17(21)15(11-13-7-3-1-4-8-13)16(18(20)22)12-14-9-5-2-6-10-14/h1-12H,(H2,19,21)(H2,20,22)/b15-11-,16-12+. The van der Waals surface area contributed by atoms with Crippen LogP contribution in [0.5, 0.6) is 0 Å². The van der Waals surface area contributed by atoms with Gasteiger partial charge < -0.3 is 11.5 Å². The van der Waals surface area contributed by atoms with Gasteiger partial charge in [0.05, 0.1) is 11.1 Å². The monoisotopic (exact) mass is 292 g/mol. The number of carbonyl (C=O) groups is 2. The van der Waals surface area contributed by atoms with Gasteiger partial charge in [-0.15, -0.1) is 0 Å².